The van der Waals surface area contributed by atoms with E-state index in [1.807, 2.05) is 0 Å². The first-order valence-electron chi connectivity index (χ1n) is 5.89. The zero-order valence-corrected chi connectivity index (χ0v) is 12.4. The van der Waals surface area contributed by atoms with E-state index in [1.165, 1.54) is 25.1 Å². The summed E-state index contributed by atoms with van der Waals surface area (Å²) in [5.41, 5.74) is -0.739. The molecule has 1 aromatic heterocycles. The Morgan fingerprint density at radius 2 is 2.00 bits per heavy atom. The lowest BCUT2D eigenvalue weighted by atomic mass is 10.1. The Morgan fingerprint density at radius 3 is 2.62 bits per heavy atom. The Bertz CT molecular complexity index is 791. The minimum atomic E-state index is -0.885. The third kappa shape index (κ3) is 3.54. The van der Waals surface area contributed by atoms with E-state index >= 15 is 0 Å². The summed E-state index contributed by atoms with van der Waals surface area (Å²) in [5, 5.41) is 10.5. The molecule has 1 aromatic carbocycles. The van der Waals surface area contributed by atoms with Crippen LogP contribution in [0, 0.1) is 6.92 Å². The average Bonchev–Trinajstić information content (AvgIpc) is 2.36. The fraction of sp³-hybridized carbons (Fsp3) is 0.0667. The van der Waals surface area contributed by atoms with Gasteiger partial charge in [-0.15, -0.1) is 0 Å². The van der Waals surface area contributed by atoms with E-state index in [0.717, 1.165) is 6.08 Å². The molecule has 0 fully saturated rings. The van der Waals surface area contributed by atoms with Crippen LogP contribution in [-0.2, 0) is 0 Å². The maximum atomic E-state index is 12.0. The Morgan fingerprint density at radius 1 is 1.29 bits per heavy atom. The van der Waals surface area contributed by atoms with Gasteiger partial charge in [0.15, 0.2) is 5.78 Å². The molecular weight excluding hydrogens is 315 g/mol. The molecule has 0 amide bonds. The first-order valence-corrected chi connectivity index (χ1v) is 6.65. The van der Waals surface area contributed by atoms with Gasteiger partial charge in [0.25, 0.3) is 0 Å². The number of carbonyl (C=O) groups excluding carboxylic acids is 1. The molecule has 0 aliphatic heterocycles. The first-order chi connectivity index (χ1) is 9.88. The predicted octanol–water partition coefficient (Wildman–Crippen LogP) is 3.86. The van der Waals surface area contributed by atoms with Crippen molar-refractivity contribution in [1.29, 1.82) is 0 Å². The van der Waals surface area contributed by atoms with Crippen LogP contribution in [0.15, 0.2) is 39.6 Å². The van der Waals surface area contributed by atoms with Crippen LogP contribution in [0.25, 0.3) is 6.08 Å². The van der Waals surface area contributed by atoms with Crippen LogP contribution in [-0.4, -0.2) is 10.9 Å². The molecule has 1 heterocycles. The van der Waals surface area contributed by atoms with Crippen LogP contribution in [0.4, 0.5) is 0 Å². The van der Waals surface area contributed by atoms with Crippen molar-refractivity contribution >= 4 is 35.1 Å². The molecule has 0 saturated heterocycles. The number of hydrogen-bond donors (Lipinski definition) is 1. The Labute approximate surface area is 130 Å². The van der Waals surface area contributed by atoms with Gasteiger partial charge in [-0.05, 0) is 36.8 Å². The molecule has 0 aliphatic carbocycles. The molecule has 0 saturated carbocycles. The first kappa shape index (κ1) is 15.4. The summed E-state index contributed by atoms with van der Waals surface area (Å²) in [7, 11) is 0. The van der Waals surface area contributed by atoms with Gasteiger partial charge in [0.1, 0.15) is 17.1 Å². The highest BCUT2D eigenvalue weighted by atomic mass is 35.5. The molecule has 0 unspecified atom stereocenters. The Balaban J connectivity index is 2.34. The normalized spacial score (nSPS) is 11.0. The van der Waals surface area contributed by atoms with Crippen molar-refractivity contribution in [3.63, 3.8) is 0 Å². The monoisotopic (exact) mass is 324 g/mol. The van der Waals surface area contributed by atoms with E-state index in [4.69, 9.17) is 27.6 Å². The highest BCUT2D eigenvalue weighted by Crippen LogP contribution is 2.22. The summed E-state index contributed by atoms with van der Waals surface area (Å²) >= 11 is 11.7. The van der Waals surface area contributed by atoms with Crippen molar-refractivity contribution in [2.24, 2.45) is 0 Å². The molecule has 4 nitrogen and oxygen atoms in total. The van der Waals surface area contributed by atoms with Crippen molar-refractivity contribution in [2.75, 3.05) is 0 Å². The summed E-state index contributed by atoms with van der Waals surface area (Å²) in [4.78, 5) is 23.6. The van der Waals surface area contributed by atoms with Crippen molar-refractivity contribution in [2.45, 2.75) is 6.92 Å². The van der Waals surface area contributed by atoms with Crippen LogP contribution in [0.3, 0.4) is 0 Å². The SMILES string of the molecule is Cc1cc(O)c(C(=O)C=Cc2ccc(Cl)cc2Cl)c(=O)o1. The summed E-state index contributed by atoms with van der Waals surface area (Å²) < 4.78 is 4.79. The van der Waals surface area contributed by atoms with Gasteiger partial charge in [0.05, 0.1) is 0 Å². The molecule has 108 valence electrons. The zero-order chi connectivity index (χ0) is 15.6. The number of allylic oxidation sites excluding steroid dienone is 1. The molecule has 0 bridgehead atoms. The lowest BCUT2D eigenvalue weighted by Gasteiger charge is -2.01. The molecule has 1 N–H and O–H groups in total. The van der Waals surface area contributed by atoms with Crippen LogP contribution < -0.4 is 5.63 Å². The highest BCUT2D eigenvalue weighted by molar-refractivity contribution is 6.35. The van der Waals surface area contributed by atoms with Gasteiger partial charge in [0, 0.05) is 16.1 Å². The van der Waals surface area contributed by atoms with Gasteiger partial charge in [-0.2, -0.15) is 0 Å². The van der Waals surface area contributed by atoms with E-state index < -0.39 is 22.7 Å². The smallest absolute Gasteiger partial charge is 0.351 e. The van der Waals surface area contributed by atoms with E-state index in [0.29, 0.717) is 15.6 Å². The fourth-order valence-electron chi connectivity index (χ4n) is 1.71. The summed E-state index contributed by atoms with van der Waals surface area (Å²) in [6, 6.07) is 5.99. The van der Waals surface area contributed by atoms with Crippen molar-refractivity contribution in [3.05, 3.63) is 67.7 Å². The van der Waals surface area contributed by atoms with E-state index in [9.17, 15) is 14.7 Å². The van der Waals surface area contributed by atoms with Gasteiger partial charge in [0.2, 0.25) is 0 Å². The number of hydrogen-bond acceptors (Lipinski definition) is 4. The van der Waals surface area contributed by atoms with Crippen molar-refractivity contribution in [1.82, 2.24) is 0 Å². The predicted molar refractivity (Wildman–Crippen MR) is 81.2 cm³/mol. The third-order valence-electron chi connectivity index (χ3n) is 2.68. The quantitative estimate of drug-likeness (QED) is 0.687. The van der Waals surface area contributed by atoms with E-state index in [2.05, 4.69) is 0 Å². The molecule has 6 heteroatoms. The van der Waals surface area contributed by atoms with Gasteiger partial charge >= 0.3 is 5.63 Å². The summed E-state index contributed by atoms with van der Waals surface area (Å²) in [5.74, 6) is -0.869. The van der Waals surface area contributed by atoms with Crippen LogP contribution in [0.2, 0.25) is 10.0 Å². The average molecular weight is 325 g/mol. The molecule has 2 rings (SSSR count). The molecule has 21 heavy (non-hydrogen) atoms. The van der Waals surface area contributed by atoms with Crippen molar-refractivity contribution < 1.29 is 14.3 Å². The molecular formula is C15H10Cl2O4. The maximum Gasteiger partial charge on any atom is 0.351 e. The number of benzene rings is 1. The maximum absolute atomic E-state index is 12.0. The van der Waals surface area contributed by atoms with E-state index in [-0.39, 0.29) is 5.76 Å². The lowest BCUT2D eigenvalue weighted by Crippen LogP contribution is -2.12. The van der Waals surface area contributed by atoms with E-state index in [1.54, 1.807) is 12.1 Å². The van der Waals surface area contributed by atoms with Crippen molar-refractivity contribution in [3.8, 4) is 5.75 Å². The van der Waals surface area contributed by atoms with Crippen LogP contribution in [0.5, 0.6) is 5.75 Å². The topological polar surface area (TPSA) is 67.5 Å². The highest BCUT2D eigenvalue weighted by Gasteiger charge is 2.15. The largest absolute Gasteiger partial charge is 0.507 e. The summed E-state index contributed by atoms with van der Waals surface area (Å²) in [6.07, 6.45) is 2.57. The van der Waals surface area contributed by atoms with Gasteiger partial charge in [-0.3, -0.25) is 4.79 Å². The number of aromatic hydroxyl groups is 1. The number of halogens is 2. The number of ketones is 1. The van der Waals surface area contributed by atoms with Gasteiger partial charge in [-0.25, -0.2) is 4.79 Å². The second-order valence-electron chi connectivity index (χ2n) is 4.27. The minimum Gasteiger partial charge on any atom is -0.507 e. The summed E-state index contributed by atoms with van der Waals surface area (Å²) in [6.45, 7) is 1.50. The van der Waals surface area contributed by atoms with Crippen LogP contribution >= 0.6 is 23.2 Å². The molecule has 0 radical (unpaired) electrons. The number of rotatable bonds is 3. The Kier molecular flexibility index (Phi) is 4.50. The molecule has 2 aromatic rings. The second-order valence-corrected chi connectivity index (χ2v) is 5.11. The molecule has 0 aliphatic rings. The number of aryl methyl sites for hydroxylation is 1. The molecule has 0 spiro atoms. The Hall–Kier alpha value is -2.04. The lowest BCUT2D eigenvalue weighted by molar-refractivity contribution is 0.104. The van der Waals surface area contributed by atoms with Crippen LogP contribution in [0.1, 0.15) is 21.7 Å². The minimum absolute atomic E-state index is 0.221. The molecule has 0 atom stereocenters. The third-order valence-corrected chi connectivity index (χ3v) is 3.24. The number of carbonyl (C=O) groups is 1. The van der Waals surface area contributed by atoms with Gasteiger partial charge in [-0.1, -0.05) is 29.3 Å². The van der Waals surface area contributed by atoms with Gasteiger partial charge < -0.3 is 9.52 Å². The standard InChI is InChI=1S/C15H10Cl2O4/c1-8-6-13(19)14(15(20)21-8)12(18)5-3-9-2-4-10(16)7-11(9)17/h2-7,19H,1H3. The second kappa shape index (κ2) is 6.16. The fourth-order valence-corrected chi connectivity index (χ4v) is 2.18. The zero-order valence-electron chi connectivity index (χ0n) is 10.9.